The minimum Gasteiger partial charge on any atom is -0.493 e. The lowest BCUT2D eigenvalue weighted by Gasteiger charge is -2.38. The molecule has 0 saturated heterocycles. The number of hydrogen-bond acceptors (Lipinski definition) is 6. The predicted octanol–water partition coefficient (Wildman–Crippen LogP) is 5.92. The Morgan fingerprint density at radius 3 is 2.27 bits per heavy atom. The summed E-state index contributed by atoms with van der Waals surface area (Å²) in [6.45, 7) is 2.08. The summed E-state index contributed by atoms with van der Waals surface area (Å²) < 4.78 is 23.1. The van der Waals surface area contributed by atoms with E-state index in [1.165, 1.54) is 5.56 Å². The SMILES string of the molecule is COc1cc([C@H]2Oc3ccc(Cl)cc3[C@@H]3CC(c4ccc(C)cc4)=NN23)cc(OC)c1OC. The first kappa shape index (κ1) is 21.5. The van der Waals surface area contributed by atoms with Gasteiger partial charge in [0.05, 0.1) is 33.1 Å². The predicted molar refractivity (Wildman–Crippen MR) is 128 cm³/mol. The molecule has 7 heteroatoms. The minimum atomic E-state index is -0.472. The Morgan fingerprint density at radius 1 is 0.939 bits per heavy atom. The molecule has 2 atom stereocenters. The molecular formula is C26H25ClN2O4. The van der Waals surface area contributed by atoms with Crippen molar-refractivity contribution in [3.8, 4) is 23.0 Å². The van der Waals surface area contributed by atoms with Gasteiger partial charge in [-0.25, -0.2) is 5.01 Å². The molecule has 0 fully saturated rings. The highest BCUT2D eigenvalue weighted by Crippen LogP contribution is 2.50. The molecule has 6 nitrogen and oxygen atoms in total. The van der Waals surface area contributed by atoms with Gasteiger partial charge >= 0.3 is 0 Å². The third-order valence-electron chi connectivity index (χ3n) is 6.11. The molecule has 0 spiro atoms. The molecule has 2 aliphatic rings. The number of aryl methyl sites for hydroxylation is 1. The monoisotopic (exact) mass is 464 g/mol. The van der Waals surface area contributed by atoms with Gasteiger partial charge in [-0.1, -0.05) is 41.4 Å². The van der Waals surface area contributed by atoms with E-state index in [0.717, 1.165) is 34.6 Å². The lowest BCUT2D eigenvalue weighted by atomic mass is 9.95. The Labute approximate surface area is 198 Å². The van der Waals surface area contributed by atoms with Crippen LogP contribution in [0.25, 0.3) is 0 Å². The van der Waals surface area contributed by atoms with E-state index in [1.807, 2.05) is 35.3 Å². The highest BCUT2D eigenvalue weighted by atomic mass is 35.5. The molecule has 0 radical (unpaired) electrons. The van der Waals surface area contributed by atoms with Crippen LogP contribution < -0.4 is 18.9 Å². The van der Waals surface area contributed by atoms with E-state index in [1.54, 1.807) is 21.3 Å². The number of fused-ring (bicyclic) bond motifs is 3. The van der Waals surface area contributed by atoms with Gasteiger partial charge < -0.3 is 18.9 Å². The van der Waals surface area contributed by atoms with Crippen LogP contribution in [0.5, 0.6) is 23.0 Å². The molecule has 0 unspecified atom stereocenters. The number of hydrogen-bond donors (Lipinski definition) is 0. The van der Waals surface area contributed by atoms with E-state index in [2.05, 4.69) is 31.2 Å². The Hall–Kier alpha value is -3.38. The van der Waals surface area contributed by atoms with Gasteiger partial charge in [-0.3, -0.25) is 0 Å². The fraction of sp³-hybridized carbons (Fsp3) is 0.269. The number of nitrogens with zero attached hydrogens (tertiary/aromatic N) is 2. The average Bonchev–Trinajstić information content (AvgIpc) is 3.29. The normalized spacial score (nSPS) is 18.7. The number of halogens is 1. The summed E-state index contributed by atoms with van der Waals surface area (Å²) in [5.41, 5.74) is 5.20. The third-order valence-corrected chi connectivity index (χ3v) is 6.34. The summed E-state index contributed by atoms with van der Waals surface area (Å²) in [7, 11) is 4.80. The van der Waals surface area contributed by atoms with Crippen molar-refractivity contribution >= 4 is 17.3 Å². The highest BCUT2D eigenvalue weighted by Gasteiger charge is 2.41. The molecule has 3 aromatic rings. The van der Waals surface area contributed by atoms with Crippen LogP contribution in [-0.2, 0) is 0 Å². The highest BCUT2D eigenvalue weighted by molar-refractivity contribution is 6.30. The van der Waals surface area contributed by atoms with Crippen molar-refractivity contribution in [3.05, 3.63) is 81.9 Å². The van der Waals surface area contributed by atoms with Gasteiger partial charge in [-0.2, -0.15) is 5.10 Å². The summed E-state index contributed by atoms with van der Waals surface area (Å²) in [6.07, 6.45) is 0.279. The maximum Gasteiger partial charge on any atom is 0.214 e. The first-order chi connectivity index (χ1) is 16.0. The zero-order chi connectivity index (χ0) is 23.1. The van der Waals surface area contributed by atoms with E-state index >= 15 is 0 Å². The van der Waals surface area contributed by atoms with Crippen molar-refractivity contribution in [2.24, 2.45) is 5.10 Å². The van der Waals surface area contributed by atoms with Crippen LogP contribution in [0, 0.1) is 6.92 Å². The van der Waals surface area contributed by atoms with E-state index in [4.69, 9.17) is 35.6 Å². The molecule has 2 heterocycles. The van der Waals surface area contributed by atoms with Crippen molar-refractivity contribution in [3.63, 3.8) is 0 Å². The number of rotatable bonds is 5. The summed E-state index contributed by atoms with van der Waals surface area (Å²) >= 11 is 6.35. The second kappa shape index (κ2) is 8.52. The van der Waals surface area contributed by atoms with Gasteiger partial charge in [0.1, 0.15) is 5.75 Å². The molecule has 2 aliphatic heterocycles. The second-order valence-corrected chi connectivity index (χ2v) is 8.56. The number of benzene rings is 3. The number of methoxy groups -OCH3 is 3. The average molecular weight is 465 g/mol. The van der Waals surface area contributed by atoms with Gasteiger partial charge in [0.2, 0.25) is 12.0 Å². The molecule has 0 bridgehead atoms. The van der Waals surface area contributed by atoms with E-state index in [0.29, 0.717) is 22.3 Å². The van der Waals surface area contributed by atoms with Crippen LogP contribution >= 0.6 is 11.6 Å². The van der Waals surface area contributed by atoms with Crippen LogP contribution in [0.15, 0.2) is 59.7 Å². The molecule has 0 N–H and O–H groups in total. The van der Waals surface area contributed by atoms with Crippen LogP contribution in [0.1, 0.15) is 40.9 Å². The van der Waals surface area contributed by atoms with Crippen molar-refractivity contribution in [1.82, 2.24) is 5.01 Å². The summed E-state index contributed by atoms with van der Waals surface area (Å²) in [5.74, 6) is 2.46. The molecule has 3 aromatic carbocycles. The van der Waals surface area contributed by atoms with Crippen molar-refractivity contribution < 1.29 is 18.9 Å². The molecular weight excluding hydrogens is 440 g/mol. The van der Waals surface area contributed by atoms with Crippen molar-refractivity contribution in [1.29, 1.82) is 0 Å². The maximum atomic E-state index is 6.47. The van der Waals surface area contributed by atoms with Crippen molar-refractivity contribution in [2.75, 3.05) is 21.3 Å². The quantitative estimate of drug-likeness (QED) is 0.469. The number of hydrazone groups is 1. The minimum absolute atomic E-state index is 0.00663. The Morgan fingerprint density at radius 2 is 1.64 bits per heavy atom. The topological polar surface area (TPSA) is 52.5 Å². The Balaban J connectivity index is 1.63. The summed E-state index contributed by atoms with van der Waals surface area (Å²) in [5, 5.41) is 7.70. The first-order valence-electron chi connectivity index (χ1n) is 10.7. The van der Waals surface area contributed by atoms with E-state index in [-0.39, 0.29) is 6.04 Å². The third kappa shape index (κ3) is 3.74. The van der Waals surface area contributed by atoms with Gasteiger partial charge in [0.15, 0.2) is 11.5 Å². The zero-order valence-corrected chi connectivity index (χ0v) is 19.7. The standard InChI is InChI=1S/C26H25ClN2O4/c1-15-5-7-16(8-6-15)20-14-21-19-13-18(27)9-10-22(19)33-26(29(21)28-20)17-11-23(30-2)25(32-4)24(12-17)31-3/h5-13,21,26H,14H2,1-4H3/t21-,26+/m0/s1. The molecule has 0 amide bonds. The molecule has 0 aromatic heterocycles. The lowest BCUT2D eigenvalue weighted by Crippen LogP contribution is -2.33. The largest absolute Gasteiger partial charge is 0.493 e. The maximum absolute atomic E-state index is 6.47. The molecule has 5 rings (SSSR count). The smallest absolute Gasteiger partial charge is 0.214 e. The fourth-order valence-corrected chi connectivity index (χ4v) is 4.62. The first-order valence-corrected chi connectivity index (χ1v) is 11.1. The fourth-order valence-electron chi connectivity index (χ4n) is 4.44. The number of ether oxygens (including phenoxy) is 4. The Kier molecular flexibility index (Phi) is 5.54. The van der Waals surface area contributed by atoms with Crippen LogP contribution in [0.3, 0.4) is 0 Å². The van der Waals surface area contributed by atoms with Crippen LogP contribution in [-0.4, -0.2) is 32.0 Å². The van der Waals surface area contributed by atoms with Crippen molar-refractivity contribution in [2.45, 2.75) is 25.6 Å². The molecule has 170 valence electrons. The van der Waals surface area contributed by atoms with Gasteiger partial charge in [-0.05, 0) is 42.8 Å². The van der Waals surface area contributed by atoms with Crippen LogP contribution in [0.2, 0.25) is 5.02 Å². The second-order valence-electron chi connectivity index (χ2n) is 8.12. The molecule has 0 aliphatic carbocycles. The Bertz CT molecular complexity index is 1200. The lowest BCUT2D eigenvalue weighted by molar-refractivity contribution is -0.0192. The molecule has 0 saturated carbocycles. The van der Waals surface area contributed by atoms with E-state index < -0.39 is 6.23 Å². The summed E-state index contributed by atoms with van der Waals surface area (Å²) in [6, 6.07) is 18.0. The van der Waals surface area contributed by atoms with Gasteiger partial charge in [-0.15, -0.1) is 0 Å². The summed E-state index contributed by atoms with van der Waals surface area (Å²) in [4.78, 5) is 0. The zero-order valence-electron chi connectivity index (χ0n) is 19.0. The van der Waals surface area contributed by atoms with Gasteiger partial charge in [0, 0.05) is 22.6 Å². The van der Waals surface area contributed by atoms with E-state index in [9.17, 15) is 0 Å². The van der Waals surface area contributed by atoms with Crippen LogP contribution in [0.4, 0.5) is 0 Å². The molecule has 33 heavy (non-hydrogen) atoms. The van der Waals surface area contributed by atoms with Gasteiger partial charge in [0.25, 0.3) is 0 Å².